The lowest BCUT2D eigenvalue weighted by molar-refractivity contribution is -0.124. The molecule has 1 heterocycles. The van der Waals surface area contributed by atoms with Gasteiger partial charge in [0, 0.05) is 25.0 Å². The van der Waals surface area contributed by atoms with Crippen LogP contribution in [0.1, 0.15) is 33.1 Å². The molecule has 94 valence electrons. The molecule has 0 bridgehead atoms. The summed E-state index contributed by atoms with van der Waals surface area (Å²) in [6.45, 7) is 6.93. The van der Waals surface area contributed by atoms with Gasteiger partial charge < -0.3 is 4.90 Å². The van der Waals surface area contributed by atoms with Crippen molar-refractivity contribution in [3.63, 3.8) is 0 Å². The fraction of sp³-hybridized carbons (Fsp3) is 0.923. The number of likely N-dealkylation sites (tertiary alicyclic amines) is 1. The first-order valence-corrected chi connectivity index (χ1v) is 6.46. The quantitative estimate of drug-likeness (QED) is 0.712. The molecule has 16 heavy (non-hydrogen) atoms. The van der Waals surface area contributed by atoms with Gasteiger partial charge in [0.15, 0.2) is 0 Å². The number of ketones is 1. The highest BCUT2D eigenvalue weighted by Crippen LogP contribution is 2.14. The highest BCUT2D eigenvalue weighted by Gasteiger charge is 2.22. The van der Waals surface area contributed by atoms with E-state index in [0.717, 1.165) is 19.5 Å². The molecule has 0 aromatic heterocycles. The van der Waals surface area contributed by atoms with Crippen LogP contribution in [0.5, 0.6) is 0 Å². The molecule has 0 aromatic carbocycles. The van der Waals surface area contributed by atoms with Crippen molar-refractivity contribution in [2.24, 2.45) is 5.92 Å². The van der Waals surface area contributed by atoms with Gasteiger partial charge in [-0.1, -0.05) is 13.8 Å². The van der Waals surface area contributed by atoms with E-state index in [0.29, 0.717) is 18.4 Å². The van der Waals surface area contributed by atoms with Gasteiger partial charge in [-0.05, 0) is 33.4 Å². The molecular formula is C13H26N2O. The Hall–Kier alpha value is -0.410. The van der Waals surface area contributed by atoms with Gasteiger partial charge in [-0.15, -0.1) is 0 Å². The number of piperidine rings is 1. The summed E-state index contributed by atoms with van der Waals surface area (Å²) in [7, 11) is 4.29. The van der Waals surface area contributed by atoms with Crippen molar-refractivity contribution in [2.45, 2.75) is 39.2 Å². The number of carbonyl (C=O) groups excluding carboxylic acids is 1. The molecule has 0 N–H and O–H groups in total. The SMILES string of the molecule is CCC(C)C(=O)CN1CCC(N(C)C)CC1. The van der Waals surface area contributed by atoms with Crippen LogP contribution in [0, 0.1) is 5.92 Å². The summed E-state index contributed by atoms with van der Waals surface area (Å²) in [4.78, 5) is 16.4. The van der Waals surface area contributed by atoms with Gasteiger partial charge >= 0.3 is 0 Å². The summed E-state index contributed by atoms with van der Waals surface area (Å²) in [5.74, 6) is 0.636. The molecular weight excluding hydrogens is 200 g/mol. The largest absolute Gasteiger partial charge is 0.306 e. The van der Waals surface area contributed by atoms with Crippen LogP contribution in [0.2, 0.25) is 0 Å². The Labute approximate surface area is 99.8 Å². The summed E-state index contributed by atoms with van der Waals surface area (Å²) < 4.78 is 0. The third-order valence-corrected chi connectivity index (χ3v) is 3.83. The molecule has 1 fully saturated rings. The number of rotatable bonds is 5. The number of hydrogen-bond acceptors (Lipinski definition) is 3. The van der Waals surface area contributed by atoms with Crippen LogP contribution in [0.4, 0.5) is 0 Å². The molecule has 0 amide bonds. The summed E-state index contributed by atoms with van der Waals surface area (Å²) in [6, 6.07) is 0.704. The van der Waals surface area contributed by atoms with Gasteiger partial charge in [0.05, 0.1) is 6.54 Å². The lowest BCUT2D eigenvalue weighted by Gasteiger charge is -2.35. The molecule has 1 atom stereocenters. The third kappa shape index (κ3) is 3.87. The highest BCUT2D eigenvalue weighted by atomic mass is 16.1. The fourth-order valence-corrected chi connectivity index (χ4v) is 2.20. The van der Waals surface area contributed by atoms with E-state index in [4.69, 9.17) is 0 Å². The number of nitrogens with zero attached hydrogens (tertiary/aromatic N) is 2. The average molecular weight is 226 g/mol. The van der Waals surface area contributed by atoms with Gasteiger partial charge in [0.1, 0.15) is 5.78 Å². The monoisotopic (exact) mass is 226 g/mol. The second kappa shape index (κ2) is 6.36. The zero-order valence-electron chi connectivity index (χ0n) is 11.2. The van der Waals surface area contributed by atoms with E-state index >= 15 is 0 Å². The number of carbonyl (C=O) groups is 1. The number of hydrogen-bond donors (Lipinski definition) is 0. The second-order valence-electron chi connectivity index (χ2n) is 5.25. The summed E-state index contributed by atoms with van der Waals surface area (Å²) in [6.07, 6.45) is 3.36. The Balaban J connectivity index is 2.29. The van der Waals surface area contributed by atoms with Gasteiger partial charge in [0.25, 0.3) is 0 Å². The molecule has 3 heteroatoms. The van der Waals surface area contributed by atoms with Crippen LogP contribution >= 0.6 is 0 Å². The zero-order chi connectivity index (χ0) is 12.1. The first-order chi connectivity index (χ1) is 7.54. The number of Topliss-reactive ketones (excluding diaryl/α,β-unsaturated/α-hetero) is 1. The lowest BCUT2D eigenvalue weighted by Crippen LogP contribution is -2.44. The molecule has 0 saturated carbocycles. The third-order valence-electron chi connectivity index (χ3n) is 3.83. The lowest BCUT2D eigenvalue weighted by atomic mass is 10.0. The molecule has 1 aliphatic rings. The Bertz CT molecular complexity index is 220. The van der Waals surface area contributed by atoms with E-state index in [9.17, 15) is 4.79 Å². The van der Waals surface area contributed by atoms with E-state index < -0.39 is 0 Å². The normalized spacial score (nSPS) is 21.3. The van der Waals surface area contributed by atoms with E-state index in [1.165, 1.54) is 12.8 Å². The van der Waals surface area contributed by atoms with Crippen LogP contribution in [0.15, 0.2) is 0 Å². The van der Waals surface area contributed by atoms with Crippen molar-refractivity contribution in [3.8, 4) is 0 Å². The zero-order valence-corrected chi connectivity index (χ0v) is 11.2. The van der Waals surface area contributed by atoms with Gasteiger partial charge in [-0.2, -0.15) is 0 Å². The molecule has 0 spiro atoms. The van der Waals surface area contributed by atoms with Crippen LogP contribution in [0.3, 0.4) is 0 Å². The van der Waals surface area contributed by atoms with Crippen molar-refractivity contribution >= 4 is 5.78 Å². The minimum absolute atomic E-state index is 0.228. The summed E-state index contributed by atoms with van der Waals surface area (Å²) in [5, 5.41) is 0. The Morgan fingerprint density at radius 2 is 1.94 bits per heavy atom. The topological polar surface area (TPSA) is 23.6 Å². The Kier molecular flexibility index (Phi) is 5.42. The van der Waals surface area contributed by atoms with E-state index in [2.05, 4.69) is 30.8 Å². The molecule has 1 unspecified atom stereocenters. The van der Waals surface area contributed by atoms with Crippen molar-refractivity contribution in [2.75, 3.05) is 33.7 Å². The Morgan fingerprint density at radius 1 is 1.38 bits per heavy atom. The van der Waals surface area contributed by atoms with Crippen molar-refractivity contribution in [1.29, 1.82) is 0 Å². The predicted octanol–water partition coefficient (Wildman–Crippen LogP) is 1.63. The molecule has 0 radical (unpaired) electrons. The average Bonchev–Trinajstić information content (AvgIpc) is 2.28. The van der Waals surface area contributed by atoms with E-state index in [-0.39, 0.29) is 5.92 Å². The maximum absolute atomic E-state index is 11.8. The van der Waals surface area contributed by atoms with Crippen molar-refractivity contribution in [3.05, 3.63) is 0 Å². The molecule has 0 aromatic rings. The highest BCUT2D eigenvalue weighted by molar-refractivity contribution is 5.82. The minimum Gasteiger partial charge on any atom is -0.306 e. The predicted molar refractivity (Wildman–Crippen MR) is 67.6 cm³/mol. The van der Waals surface area contributed by atoms with Gasteiger partial charge in [-0.3, -0.25) is 9.69 Å². The molecule has 1 rings (SSSR count). The van der Waals surface area contributed by atoms with Crippen LogP contribution in [-0.2, 0) is 4.79 Å². The fourth-order valence-electron chi connectivity index (χ4n) is 2.20. The Morgan fingerprint density at radius 3 is 2.38 bits per heavy atom. The smallest absolute Gasteiger partial charge is 0.149 e. The summed E-state index contributed by atoms with van der Waals surface area (Å²) in [5.41, 5.74) is 0. The van der Waals surface area contributed by atoms with E-state index in [1.807, 2.05) is 6.92 Å². The van der Waals surface area contributed by atoms with Crippen molar-refractivity contribution in [1.82, 2.24) is 9.80 Å². The molecule has 3 nitrogen and oxygen atoms in total. The maximum Gasteiger partial charge on any atom is 0.149 e. The molecule has 1 saturated heterocycles. The first-order valence-electron chi connectivity index (χ1n) is 6.46. The van der Waals surface area contributed by atoms with Crippen LogP contribution in [0.25, 0.3) is 0 Å². The minimum atomic E-state index is 0.228. The van der Waals surface area contributed by atoms with Crippen LogP contribution < -0.4 is 0 Å². The maximum atomic E-state index is 11.8. The summed E-state index contributed by atoms with van der Waals surface area (Å²) >= 11 is 0. The van der Waals surface area contributed by atoms with Gasteiger partial charge in [0.2, 0.25) is 0 Å². The molecule has 1 aliphatic heterocycles. The standard InChI is InChI=1S/C13H26N2O/c1-5-11(2)13(16)10-15-8-6-12(7-9-15)14(3)4/h11-12H,5-10H2,1-4H3. The second-order valence-corrected chi connectivity index (χ2v) is 5.25. The van der Waals surface area contributed by atoms with Crippen molar-refractivity contribution < 1.29 is 4.79 Å². The molecule has 0 aliphatic carbocycles. The first kappa shape index (κ1) is 13.7. The van der Waals surface area contributed by atoms with E-state index in [1.54, 1.807) is 0 Å². The van der Waals surface area contributed by atoms with Gasteiger partial charge in [-0.25, -0.2) is 0 Å². The van der Waals surface area contributed by atoms with Crippen LogP contribution in [-0.4, -0.2) is 55.4 Å².